The molecule has 0 unspecified atom stereocenters. The standard InChI is InChI=1S/C19H18N4O/c24-19(15-12-21-18-14(15)4-3-9-20-18)23-11-10-22(13-7-8-13)16-5-1-2-6-17(16)23/h1-6,9,12-13H,7-8,10-11H2,(H,20,21). The van der Waals surface area contributed by atoms with Gasteiger partial charge in [-0.15, -0.1) is 0 Å². The summed E-state index contributed by atoms with van der Waals surface area (Å²) in [5, 5.41) is 0.879. The summed E-state index contributed by atoms with van der Waals surface area (Å²) in [6, 6.07) is 12.7. The number of hydrogen-bond acceptors (Lipinski definition) is 3. The largest absolute Gasteiger partial charge is 0.365 e. The third-order valence-corrected chi connectivity index (χ3v) is 4.96. The van der Waals surface area contributed by atoms with Crippen LogP contribution in [0.15, 0.2) is 48.8 Å². The van der Waals surface area contributed by atoms with Crippen molar-refractivity contribution in [1.82, 2.24) is 9.97 Å². The first-order chi connectivity index (χ1) is 11.8. The molecule has 1 amide bonds. The van der Waals surface area contributed by atoms with E-state index in [4.69, 9.17) is 0 Å². The number of pyridine rings is 1. The third kappa shape index (κ3) is 2.01. The van der Waals surface area contributed by atoms with Crippen molar-refractivity contribution >= 4 is 28.3 Å². The van der Waals surface area contributed by atoms with Gasteiger partial charge in [0.15, 0.2) is 0 Å². The minimum absolute atomic E-state index is 0.0390. The Morgan fingerprint density at radius 1 is 1.08 bits per heavy atom. The van der Waals surface area contributed by atoms with Crippen LogP contribution in [0.2, 0.25) is 0 Å². The number of carbonyl (C=O) groups is 1. The highest BCUT2D eigenvalue weighted by atomic mass is 16.2. The summed E-state index contributed by atoms with van der Waals surface area (Å²) >= 11 is 0. The molecule has 0 bridgehead atoms. The van der Waals surface area contributed by atoms with E-state index in [9.17, 15) is 4.79 Å². The fraction of sp³-hybridized carbons (Fsp3) is 0.263. The molecule has 0 saturated heterocycles. The van der Waals surface area contributed by atoms with Crippen LogP contribution in [0.4, 0.5) is 11.4 Å². The normalized spacial score (nSPS) is 17.2. The van der Waals surface area contributed by atoms with Gasteiger partial charge in [-0.25, -0.2) is 4.98 Å². The number of anilines is 2. The van der Waals surface area contributed by atoms with E-state index >= 15 is 0 Å². The van der Waals surface area contributed by atoms with Crippen LogP contribution in [0.3, 0.4) is 0 Å². The maximum Gasteiger partial charge on any atom is 0.260 e. The fourth-order valence-corrected chi connectivity index (χ4v) is 3.64. The number of aromatic nitrogens is 2. The van der Waals surface area contributed by atoms with Gasteiger partial charge < -0.3 is 14.8 Å². The number of carbonyl (C=O) groups excluding carboxylic acids is 1. The lowest BCUT2D eigenvalue weighted by Gasteiger charge is -2.38. The molecule has 1 saturated carbocycles. The first kappa shape index (κ1) is 13.6. The van der Waals surface area contributed by atoms with Crippen LogP contribution in [0.25, 0.3) is 11.0 Å². The first-order valence-electron chi connectivity index (χ1n) is 8.42. The zero-order chi connectivity index (χ0) is 16.1. The topological polar surface area (TPSA) is 52.2 Å². The molecule has 120 valence electrons. The van der Waals surface area contributed by atoms with Crippen LogP contribution >= 0.6 is 0 Å². The van der Waals surface area contributed by atoms with Crippen molar-refractivity contribution < 1.29 is 4.79 Å². The van der Waals surface area contributed by atoms with Crippen LogP contribution in [-0.4, -0.2) is 35.0 Å². The molecule has 5 heteroatoms. The average Bonchev–Trinajstić information content (AvgIpc) is 3.39. The van der Waals surface area contributed by atoms with Crippen molar-refractivity contribution in [2.75, 3.05) is 22.9 Å². The summed E-state index contributed by atoms with van der Waals surface area (Å²) in [5.41, 5.74) is 3.63. The Labute approximate surface area is 139 Å². The van der Waals surface area contributed by atoms with E-state index < -0.39 is 0 Å². The van der Waals surface area contributed by atoms with Gasteiger partial charge in [0.25, 0.3) is 5.91 Å². The molecule has 24 heavy (non-hydrogen) atoms. The predicted octanol–water partition coefficient (Wildman–Crippen LogP) is 3.19. The lowest BCUT2D eigenvalue weighted by atomic mass is 10.1. The second kappa shape index (κ2) is 5.09. The second-order valence-electron chi connectivity index (χ2n) is 6.47. The van der Waals surface area contributed by atoms with E-state index in [1.807, 2.05) is 23.1 Å². The van der Waals surface area contributed by atoms with E-state index in [1.165, 1.54) is 18.5 Å². The molecule has 5 rings (SSSR count). The van der Waals surface area contributed by atoms with Crippen LogP contribution in [0.1, 0.15) is 23.2 Å². The van der Waals surface area contributed by atoms with E-state index in [0.29, 0.717) is 11.6 Å². The number of H-pyrrole nitrogens is 1. The summed E-state index contributed by atoms with van der Waals surface area (Å²) in [4.78, 5) is 24.9. The molecule has 2 aromatic heterocycles. The van der Waals surface area contributed by atoms with Crippen LogP contribution in [0, 0.1) is 0 Å². The minimum Gasteiger partial charge on any atom is -0.365 e. The number of amides is 1. The van der Waals surface area contributed by atoms with Gasteiger partial charge in [0.1, 0.15) is 5.65 Å². The molecule has 1 aliphatic heterocycles. The van der Waals surface area contributed by atoms with Gasteiger partial charge in [0, 0.05) is 36.9 Å². The van der Waals surface area contributed by atoms with Gasteiger partial charge in [-0.1, -0.05) is 12.1 Å². The monoisotopic (exact) mass is 318 g/mol. The van der Waals surface area contributed by atoms with Crippen LogP contribution < -0.4 is 9.80 Å². The summed E-state index contributed by atoms with van der Waals surface area (Å²) in [7, 11) is 0. The Bertz CT molecular complexity index is 928. The van der Waals surface area contributed by atoms with Crippen molar-refractivity contribution in [2.45, 2.75) is 18.9 Å². The maximum atomic E-state index is 13.2. The molecule has 3 heterocycles. The number of hydrogen-bond donors (Lipinski definition) is 1. The number of benzene rings is 1. The van der Waals surface area contributed by atoms with Gasteiger partial charge in [0.05, 0.1) is 16.9 Å². The molecule has 0 radical (unpaired) electrons. The molecule has 1 N–H and O–H groups in total. The average molecular weight is 318 g/mol. The van der Waals surface area contributed by atoms with Gasteiger partial charge in [-0.2, -0.15) is 0 Å². The van der Waals surface area contributed by atoms with E-state index in [2.05, 4.69) is 33.1 Å². The molecule has 2 aliphatic rings. The third-order valence-electron chi connectivity index (χ3n) is 4.96. The molecule has 1 aromatic carbocycles. The Kier molecular flexibility index (Phi) is 2.89. The van der Waals surface area contributed by atoms with Crippen LogP contribution in [-0.2, 0) is 0 Å². The molecule has 0 spiro atoms. The van der Waals surface area contributed by atoms with E-state index in [-0.39, 0.29) is 5.91 Å². The highest BCUT2D eigenvalue weighted by Crippen LogP contribution is 2.40. The molecule has 5 nitrogen and oxygen atoms in total. The summed E-state index contributed by atoms with van der Waals surface area (Å²) in [6.07, 6.45) is 6.03. The number of nitrogens with zero attached hydrogens (tertiary/aromatic N) is 3. The SMILES string of the molecule is O=C(c1c[nH]c2ncccc12)N1CCN(C2CC2)c2ccccc21. The lowest BCUT2D eigenvalue weighted by molar-refractivity contribution is 0.0988. The highest BCUT2D eigenvalue weighted by molar-refractivity contribution is 6.14. The van der Waals surface area contributed by atoms with Crippen molar-refractivity contribution in [3.8, 4) is 0 Å². The molecule has 0 atom stereocenters. The van der Waals surface area contributed by atoms with Crippen molar-refractivity contribution in [3.63, 3.8) is 0 Å². The number of fused-ring (bicyclic) bond motifs is 2. The molecule has 1 fully saturated rings. The number of para-hydroxylation sites is 2. The Morgan fingerprint density at radius 2 is 1.92 bits per heavy atom. The molecule has 1 aliphatic carbocycles. The summed E-state index contributed by atoms with van der Waals surface area (Å²) in [6.45, 7) is 1.62. The van der Waals surface area contributed by atoms with Gasteiger partial charge >= 0.3 is 0 Å². The van der Waals surface area contributed by atoms with E-state index in [1.54, 1.807) is 12.4 Å². The first-order valence-corrected chi connectivity index (χ1v) is 8.42. The smallest absolute Gasteiger partial charge is 0.260 e. The van der Waals surface area contributed by atoms with Gasteiger partial charge in [0.2, 0.25) is 0 Å². The minimum atomic E-state index is 0.0390. The Balaban J connectivity index is 1.56. The van der Waals surface area contributed by atoms with Crippen LogP contribution in [0.5, 0.6) is 0 Å². The summed E-state index contributed by atoms with van der Waals surface area (Å²) < 4.78 is 0. The molecular formula is C19H18N4O. The Hall–Kier alpha value is -2.82. The van der Waals surface area contributed by atoms with Crippen molar-refractivity contribution in [2.24, 2.45) is 0 Å². The molecule has 3 aromatic rings. The van der Waals surface area contributed by atoms with Crippen molar-refractivity contribution in [3.05, 3.63) is 54.4 Å². The predicted molar refractivity (Wildman–Crippen MR) is 94.6 cm³/mol. The summed E-state index contributed by atoms with van der Waals surface area (Å²) in [5.74, 6) is 0.0390. The fourth-order valence-electron chi connectivity index (χ4n) is 3.64. The van der Waals surface area contributed by atoms with Gasteiger partial charge in [-0.3, -0.25) is 4.79 Å². The number of nitrogens with one attached hydrogen (secondary N) is 1. The van der Waals surface area contributed by atoms with Gasteiger partial charge in [-0.05, 0) is 37.1 Å². The van der Waals surface area contributed by atoms with Crippen molar-refractivity contribution in [1.29, 1.82) is 0 Å². The second-order valence-corrected chi connectivity index (χ2v) is 6.47. The number of aromatic amines is 1. The zero-order valence-corrected chi connectivity index (χ0v) is 13.3. The highest BCUT2D eigenvalue weighted by Gasteiger charge is 2.35. The Morgan fingerprint density at radius 3 is 2.75 bits per heavy atom. The quantitative estimate of drug-likeness (QED) is 0.789. The number of rotatable bonds is 2. The lowest BCUT2D eigenvalue weighted by Crippen LogP contribution is -2.45. The van der Waals surface area contributed by atoms with E-state index in [0.717, 1.165) is 29.8 Å². The zero-order valence-electron chi connectivity index (χ0n) is 13.3. The maximum absolute atomic E-state index is 13.2. The molecular weight excluding hydrogens is 300 g/mol.